The van der Waals surface area contributed by atoms with Crippen LogP contribution in [0.15, 0.2) is 27.9 Å². The van der Waals surface area contributed by atoms with Gasteiger partial charge >= 0.3 is 0 Å². The van der Waals surface area contributed by atoms with E-state index >= 15 is 0 Å². The van der Waals surface area contributed by atoms with Crippen molar-refractivity contribution in [2.24, 2.45) is 5.16 Å². The van der Waals surface area contributed by atoms with Crippen LogP contribution in [0.4, 0.5) is 0 Å². The molecular weight excluding hydrogens is 401 g/mol. The Kier molecular flexibility index (Phi) is 11.5. The number of halogens is 3. The average Bonchev–Trinajstić information content (AvgIpc) is 2.54. The summed E-state index contributed by atoms with van der Waals surface area (Å²) in [6.07, 6.45) is 2.29. The van der Waals surface area contributed by atoms with E-state index in [1.54, 1.807) is 12.1 Å². The summed E-state index contributed by atoms with van der Waals surface area (Å²) in [5.41, 5.74) is 1.76. The lowest BCUT2D eigenvalue weighted by Crippen LogP contribution is -2.07. The molecule has 1 aromatic carbocycles. The summed E-state index contributed by atoms with van der Waals surface area (Å²) in [6, 6.07) is 3.55. The summed E-state index contributed by atoms with van der Waals surface area (Å²) in [6.45, 7) is 7.91. The molecular formula is C18H24Cl3NO4. The fraction of sp³-hybridized carbons (Fsp3) is 0.500. The molecule has 146 valence electrons. The molecule has 0 bridgehead atoms. The van der Waals surface area contributed by atoms with Gasteiger partial charge in [0.25, 0.3) is 0 Å². The number of oxime groups is 1. The number of ether oxygens (including phenoxy) is 3. The summed E-state index contributed by atoms with van der Waals surface area (Å²) >= 11 is 17.3. The second kappa shape index (κ2) is 13.1. The van der Waals surface area contributed by atoms with Crippen molar-refractivity contribution in [1.29, 1.82) is 0 Å². The molecule has 1 rings (SSSR count). The largest absolute Gasteiger partial charge is 0.492 e. The van der Waals surface area contributed by atoms with Gasteiger partial charge in [-0.2, -0.15) is 0 Å². The summed E-state index contributed by atoms with van der Waals surface area (Å²) in [4.78, 5) is 5.04. The van der Waals surface area contributed by atoms with Gasteiger partial charge < -0.3 is 19.0 Å². The van der Waals surface area contributed by atoms with Gasteiger partial charge in [-0.05, 0) is 38.5 Å². The van der Waals surface area contributed by atoms with Gasteiger partial charge in [0, 0.05) is 19.1 Å². The zero-order valence-corrected chi connectivity index (χ0v) is 17.5. The average molecular weight is 425 g/mol. The van der Waals surface area contributed by atoms with Crippen molar-refractivity contribution < 1.29 is 19.0 Å². The third-order valence-corrected chi connectivity index (χ3v) is 3.53. The Balaban J connectivity index is 2.30. The van der Waals surface area contributed by atoms with Crippen molar-refractivity contribution in [2.45, 2.75) is 27.2 Å². The summed E-state index contributed by atoms with van der Waals surface area (Å²) in [5.74, 6) is 1.26. The molecule has 0 aliphatic heterocycles. The van der Waals surface area contributed by atoms with E-state index in [1.807, 2.05) is 26.8 Å². The molecule has 0 saturated carbocycles. The van der Waals surface area contributed by atoms with Crippen LogP contribution in [0.5, 0.6) is 11.5 Å². The molecule has 0 fully saturated rings. The van der Waals surface area contributed by atoms with E-state index in [0.717, 1.165) is 17.7 Å². The van der Waals surface area contributed by atoms with Crippen molar-refractivity contribution in [1.82, 2.24) is 0 Å². The zero-order chi connectivity index (χ0) is 19.4. The molecule has 0 unspecified atom stereocenters. The van der Waals surface area contributed by atoms with E-state index in [0.29, 0.717) is 42.9 Å². The molecule has 0 heterocycles. The normalized spacial score (nSPS) is 10.2. The highest BCUT2D eigenvalue weighted by molar-refractivity contribution is 6.55. The van der Waals surface area contributed by atoms with Crippen LogP contribution in [0.3, 0.4) is 0 Å². The lowest BCUT2D eigenvalue weighted by Gasteiger charge is -2.13. The van der Waals surface area contributed by atoms with Crippen molar-refractivity contribution in [3.05, 3.63) is 33.3 Å². The van der Waals surface area contributed by atoms with Gasteiger partial charge in [0.15, 0.2) is 0 Å². The van der Waals surface area contributed by atoms with E-state index in [9.17, 15) is 0 Å². The summed E-state index contributed by atoms with van der Waals surface area (Å²) < 4.78 is 16.9. The predicted molar refractivity (Wildman–Crippen MR) is 107 cm³/mol. The zero-order valence-electron chi connectivity index (χ0n) is 15.2. The Morgan fingerprint density at radius 3 is 2.50 bits per heavy atom. The molecule has 0 spiro atoms. The fourth-order valence-electron chi connectivity index (χ4n) is 1.87. The first-order valence-electron chi connectivity index (χ1n) is 8.18. The number of rotatable bonds is 12. The Morgan fingerprint density at radius 1 is 1.08 bits per heavy atom. The molecule has 0 aliphatic carbocycles. The number of nitrogens with zero attached hydrogens (tertiary/aromatic N) is 1. The Bertz CT molecular complexity index is 589. The van der Waals surface area contributed by atoms with E-state index < -0.39 is 0 Å². The maximum absolute atomic E-state index is 6.27. The maximum atomic E-state index is 6.27. The van der Waals surface area contributed by atoms with Crippen LogP contribution in [-0.4, -0.2) is 38.7 Å². The minimum atomic E-state index is 0.162. The molecule has 5 nitrogen and oxygen atoms in total. The van der Waals surface area contributed by atoms with Crippen LogP contribution < -0.4 is 9.47 Å². The molecule has 26 heavy (non-hydrogen) atoms. The van der Waals surface area contributed by atoms with Crippen LogP contribution in [0.1, 0.15) is 25.8 Å². The van der Waals surface area contributed by atoms with Gasteiger partial charge in [-0.3, -0.25) is 0 Å². The van der Waals surface area contributed by atoms with Crippen LogP contribution in [-0.2, 0) is 9.57 Å². The van der Waals surface area contributed by atoms with Crippen molar-refractivity contribution in [3.8, 4) is 11.5 Å². The first-order chi connectivity index (χ1) is 12.4. The van der Waals surface area contributed by atoms with E-state index in [1.165, 1.54) is 0 Å². The molecule has 0 N–H and O–H groups in total. The number of benzene rings is 1. The molecule has 8 heteroatoms. The predicted octanol–water partition coefficient (Wildman–Crippen LogP) is 5.54. The topological polar surface area (TPSA) is 49.3 Å². The third-order valence-electron chi connectivity index (χ3n) is 2.94. The minimum absolute atomic E-state index is 0.162. The quantitative estimate of drug-likeness (QED) is 0.251. The first kappa shape index (κ1) is 22.9. The fourth-order valence-corrected chi connectivity index (χ4v) is 2.31. The minimum Gasteiger partial charge on any atom is -0.492 e. The third kappa shape index (κ3) is 10.1. The van der Waals surface area contributed by atoms with Crippen LogP contribution in [0.25, 0.3) is 0 Å². The summed E-state index contributed by atoms with van der Waals surface area (Å²) in [7, 11) is 0. The molecule has 1 aromatic rings. The van der Waals surface area contributed by atoms with E-state index in [4.69, 9.17) is 53.9 Å². The Hall–Kier alpha value is -1.14. The van der Waals surface area contributed by atoms with Crippen LogP contribution in [0, 0.1) is 6.92 Å². The van der Waals surface area contributed by atoms with Gasteiger partial charge in [0.1, 0.15) is 29.2 Å². The van der Waals surface area contributed by atoms with E-state index in [2.05, 4.69) is 5.16 Å². The van der Waals surface area contributed by atoms with Gasteiger partial charge in [-0.15, -0.1) is 0 Å². The monoisotopic (exact) mass is 423 g/mol. The van der Waals surface area contributed by atoms with E-state index in [-0.39, 0.29) is 11.1 Å². The highest BCUT2D eigenvalue weighted by Gasteiger charge is 2.09. The molecule has 0 radical (unpaired) electrons. The van der Waals surface area contributed by atoms with Gasteiger partial charge in [0.05, 0.1) is 23.9 Å². The molecule has 0 amide bonds. The lowest BCUT2D eigenvalue weighted by atomic mass is 10.2. The Morgan fingerprint density at radius 2 is 1.85 bits per heavy atom. The molecule has 0 aromatic heterocycles. The van der Waals surface area contributed by atoms with Crippen LogP contribution >= 0.6 is 34.8 Å². The van der Waals surface area contributed by atoms with Crippen molar-refractivity contribution >= 4 is 40.5 Å². The lowest BCUT2D eigenvalue weighted by molar-refractivity contribution is 0.0461. The highest BCUT2D eigenvalue weighted by atomic mass is 35.5. The smallest absolute Gasteiger partial charge is 0.141 e. The number of hydrogen-bond acceptors (Lipinski definition) is 5. The molecule has 0 atom stereocenters. The number of aryl methyl sites for hydroxylation is 1. The van der Waals surface area contributed by atoms with Crippen LogP contribution in [0.2, 0.25) is 5.02 Å². The second-order valence-electron chi connectivity index (χ2n) is 5.54. The number of hydrogen-bond donors (Lipinski definition) is 0. The van der Waals surface area contributed by atoms with Crippen molar-refractivity contribution in [2.75, 3.05) is 33.0 Å². The highest BCUT2D eigenvalue weighted by Crippen LogP contribution is 2.33. The first-order valence-corrected chi connectivity index (χ1v) is 9.31. The standard InChI is InChI=1S/C18H24Cl3NO4/c1-13(2)22-26-10-9-23-6-4-7-25-18-14(3)11-15(12-16(18)19)24-8-5-17(20)21/h5,11-12H,4,6-10H2,1-3H3. The molecule has 0 saturated heterocycles. The summed E-state index contributed by atoms with van der Waals surface area (Å²) in [5, 5.41) is 4.31. The SMILES string of the molecule is CC(C)=NOCCOCCCOc1c(C)cc(OCC=C(Cl)Cl)cc1Cl. The molecule has 0 aliphatic rings. The van der Waals surface area contributed by atoms with Crippen molar-refractivity contribution in [3.63, 3.8) is 0 Å². The van der Waals surface area contributed by atoms with Gasteiger partial charge in [-0.1, -0.05) is 40.0 Å². The maximum Gasteiger partial charge on any atom is 0.141 e. The second-order valence-corrected chi connectivity index (χ2v) is 6.96. The Labute approximate surface area is 169 Å². The van der Waals surface area contributed by atoms with Gasteiger partial charge in [0.2, 0.25) is 0 Å². The van der Waals surface area contributed by atoms with Gasteiger partial charge in [-0.25, -0.2) is 0 Å².